The fourth-order valence-corrected chi connectivity index (χ4v) is 2.07. The average Bonchev–Trinajstić information content (AvgIpc) is 3.05. The van der Waals surface area contributed by atoms with Crippen LogP contribution in [0, 0.1) is 5.82 Å². The molecule has 0 amide bonds. The monoisotopic (exact) mass is 240 g/mol. The molecule has 92 valence electrons. The summed E-state index contributed by atoms with van der Waals surface area (Å²) in [6, 6.07) is 1.10. The Balaban J connectivity index is 2.20. The molecule has 1 aliphatic carbocycles. The smallest absolute Gasteiger partial charge is 0.171 e. The number of halogens is 1. The van der Waals surface area contributed by atoms with E-state index in [1.54, 1.807) is 0 Å². The molecule has 1 fully saturated rings. The quantitative estimate of drug-likeness (QED) is 0.784. The maximum absolute atomic E-state index is 13.6. The Labute approximate surface area is 97.6 Å². The fourth-order valence-electron chi connectivity index (χ4n) is 2.07. The molecular formula is C12H13FO4. The van der Waals surface area contributed by atoms with Crippen molar-refractivity contribution < 1.29 is 24.1 Å². The van der Waals surface area contributed by atoms with E-state index in [1.165, 1.54) is 0 Å². The van der Waals surface area contributed by atoms with Crippen molar-refractivity contribution in [3.05, 3.63) is 17.4 Å². The predicted octanol–water partition coefficient (Wildman–Crippen LogP) is 1.67. The van der Waals surface area contributed by atoms with Gasteiger partial charge in [-0.2, -0.15) is 0 Å². The van der Waals surface area contributed by atoms with Crippen molar-refractivity contribution in [1.29, 1.82) is 0 Å². The summed E-state index contributed by atoms with van der Waals surface area (Å²) in [6.07, 6.45) is 1.69. The van der Waals surface area contributed by atoms with E-state index in [0.717, 1.165) is 6.07 Å². The lowest BCUT2D eigenvalue weighted by Gasteiger charge is -2.18. The second-order valence-corrected chi connectivity index (χ2v) is 4.49. The molecule has 1 aromatic rings. The molecule has 3 rings (SSSR count). The van der Waals surface area contributed by atoms with Crippen LogP contribution in [0.25, 0.3) is 0 Å². The molecule has 0 bridgehead atoms. The molecule has 2 N–H and O–H groups in total. The van der Waals surface area contributed by atoms with Crippen molar-refractivity contribution in [3.63, 3.8) is 0 Å². The zero-order valence-electron chi connectivity index (χ0n) is 9.20. The zero-order chi connectivity index (χ0) is 12.0. The van der Waals surface area contributed by atoms with Gasteiger partial charge in [0.2, 0.25) is 0 Å². The van der Waals surface area contributed by atoms with E-state index in [9.17, 15) is 14.6 Å². The second kappa shape index (κ2) is 3.50. The third kappa shape index (κ3) is 1.61. The van der Waals surface area contributed by atoms with Gasteiger partial charge in [-0.15, -0.1) is 0 Å². The van der Waals surface area contributed by atoms with Crippen LogP contribution in [0.2, 0.25) is 0 Å². The summed E-state index contributed by atoms with van der Waals surface area (Å²) in [5.41, 5.74) is -1.03. The van der Waals surface area contributed by atoms with Gasteiger partial charge < -0.3 is 19.7 Å². The Bertz CT molecular complexity index is 468. The predicted molar refractivity (Wildman–Crippen MR) is 56.8 cm³/mol. The Morgan fingerprint density at radius 2 is 1.94 bits per heavy atom. The Hall–Kier alpha value is -1.49. The highest BCUT2D eigenvalue weighted by atomic mass is 19.1. The van der Waals surface area contributed by atoms with Crippen LogP contribution >= 0.6 is 0 Å². The van der Waals surface area contributed by atoms with Gasteiger partial charge in [-0.25, -0.2) is 4.39 Å². The minimum absolute atomic E-state index is 0.134. The highest BCUT2D eigenvalue weighted by Gasteiger charge is 2.48. The lowest BCUT2D eigenvalue weighted by atomic mass is 10.0. The summed E-state index contributed by atoms with van der Waals surface area (Å²) in [7, 11) is 0. The molecule has 2 aliphatic rings. The first-order valence-corrected chi connectivity index (χ1v) is 5.66. The summed E-state index contributed by atoms with van der Waals surface area (Å²) >= 11 is 0. The highest BCUT2D eigenvalue weighted by Crippen LogP contribution is 2.55. The molecule has 0 unspecified atom stereocenters. The van der Waals surface area contributed by atoms with Crippen molar-refractivity contribution in [1.82, 2.24) is 0 Å². The number of benzene rings is 1. The van der Waals surface area contributed by atoms with Crippen molar-refractivity contribution in [3.8, 4) is 17.2 Å². The van der Waals surface area contributed by atoms with Gasteiger partial charge in [0.15, 0.2) is 23.1 Å². The lowest BCUT2D eigenvalue weighted by Crippen LogP contribution is -2.09. The van der Waals surface area contributed by atoms with E-state index in [0.29, 0.717) is 32.5 Å². The molecule has 5 heteroatoms. The van der Waals surface area contributed by atoms with Crippen LogP contribution in [0.3, 0.4) is 0 Å². The van der Waals surface area contributed by atoms with E-state index >= 15 is 0 Å². The van der Waals surface area contributed by atoms with Gasteiger partial charge in [0.1, 0.15) is 0 Å². The van der Waals surface area contributed by atoms with E-state index in [-0.39, 0.29) is 17.1 Å². The van der Waals surface area contributed by atoms with Gasteiger partial charge >= 0.3 is 0 Å². The largest absolute Gasteiger partial charge is 0.504 e. The van der Waals surface area contributed by atoms with Crippen LogP contribution in [0.1, 0.15) is 24.8 Å². The molecule has 1 heterocycles. The number of aliphatic hydroxyl groups is 1. The Kier molecular flexibility index (Phi) is 2.19. The van der Waals surface area contributed by atoms with Crippen molar-refractivity contribution in [2.45, 2.75) is 24.9 Å². The molecule has 0 radical (unpaired) electrons. The number of aromatic hydroxyl groups is 1. The van der Waals surface area contributed by atoms with Crippen LogP contribution in [-0.4, -0.2) is 23.4 Å². The first-order chi connectivity index (χ1) is 8.12. The van der Waals surface area contributed by atoms with E-state index in [4.69, 9.17) is 9.47 Å². The number of phenols is 1. The fraction of sp³-hybridized carbons (Fsp3) is 0.500. The van der Waals surface area contributed by atoms with Gasteiger partial charge in [0.05, 0.1) is 24.4 Å². The van der Waals surface area contributed by atoms with Gasteiger partial charge in [0.25, 0.3) is 0 Å². The van der Waals surface area contributed by atoms with Gasteiger partial charge in [0, 0.05) is 12.5 Å². The minimum atomic E-state index is -1.16. The molecular weight excluding hydrogens is 227 g/mol. The first-order valence-electron chi connectivity index (χ1n) is 5.66. The van der Waals surface area contributed by atoms with Crippen LogP contribution < -0.4 is 9.47 Å². The number of rotatable bonds is 1. The summed E-state index contributed by atoms with van der Waals surface area (Å²) in [5, 5.41) is 19.8. The summed E-state index contributed by atoms with van der Waals surface area (Å²) in [4.78, 5) is 0. The van der Waals surface area contributed by atoms with Crippen molar-refractivity contribution in [2.24, 2.45) is 0 Å². The molecule has 1 aliphatic heterocycles. The summed E-state index contributed by atoms with van der Waals surface area (Å²) < 4.78 is 24.4. The van der Waals surface area contributed by atoms with Crippen LogP contribution in [-0.2, 0) is 5.60 Å². The maximum Gasteiger partial charge on any atom is 0.171 e. The molecule has 0 atom stereocenters. The molecule has 1 saturated carbocycles. The number of ether oxygens (including phenoxy) is 2. The SMILES string of the molecule is Oc1c(F)cc2c(c1C1(O)CC1)OCCCO2. The number of phenolic OH excluding ortho intramolecular Hbond substituents is 1. The average molecular weight is 240 g/mol. The third-order valence-corrected chi connectivity index (χ3v) is 3.15. The van der Waals surface area contributed by atoms with Crippen molar-refractivity contribution >= 4 is 0 Å². The maximum atomic E-state index is 13.6. The van der Waals surface area contributed by atoms with Crippen LogP contribution in [0.4, 0.5) is 4.39 Å². The minimum Gasteiger partial charge on any atom is -0.504 e. The van der Waals surface area contributed by atoms with Gasteiger partial charge in [-0.05, 0) is 12.8 Å². The van der Waals surface area contributed by atoms with Crippen LogP contribution in [0.5, 0.6) is 17.2 Å². The topological polar surface area (TPSA) is 58.9 Å². The third-order valence-electron chi connectivity index (χ3n) is 3.15. The second-order valence-electron chi connectivity index (χ2n) is 4.49. The highest BCUT2D eigenvalue weighted by molar-refractivity contribution is 5.58. The molecule has 1 aromatic carbocycles. The van der Waals surface area contributed by atoms with Crippen LogP contribution in [0.15, 0.2) is 6.07 Å². The van der Waals surface area contributed by atoms with Crippen molar-refractivity contribution in [2.75, 3.05) is 13.2 Å². The normalized spacial score (nSPS) is 20.8. The molecule has 4 nitrogen and oxygen atoms in total. The molecule has 0 aromatic heterocycles. The zero-order valence-corrected chi connectivity index (χ0v) is 9.20. The summed E-state index contributed by atoms with van der Waals surface area (Å²) in [5.74, 6) is -0.784. The first kappa shape index (κ1) is 10.7. The van der Waals surface area contributed by atoms with E-state index in [1.807, 2.05) is 0 Å². The van der Waals surface area contributed by atoms with E-state index in [2.05, 4.69) is 0 Å². The lowest BCUT2D eigenvalue weighted by molar-refractivity contribution is 0.140. The number of hydrogen-bond acceptors (Lipinski definition) is 4. The summed E-state index contributed by atoms with van der Waals surface area (Å²) in [6.45, 7) is 0.871. The number of hydrogen-bond donors (Lipinski definition) is 2. The van der Waals surface area contributed by atoms with Gasteiger partial charge in [-0.1, -0.05) is 0 Å². The Morgan fingerprint density at radius 1 is 1.24 bits per heavy atom. The van der Waals surface area contributed by atoms with Gasteiger partial charge in [-0.3, -0.25) is 0 Å². The molecule has 17 heavy (non-hydrogen) atoms. The number of fused-ring (bicyclic) bond motifs is 1. The molecule has 0 saturated heterocycles. The molecule has 0 spiro atoms. The Morgan fingerprint density at radius 3 is 2.65 bits per heavy atom. The standard InChI is InChI=1S/C12H13FO4/c13-7-6-8-11(17-5-1-4-16-8)9(10(7)14)12(15)2-3-12/h6,14-15H,1-5H2. The van der Waals surface area contributed by atoms with E-state index < -0.39 is 17.2 Å².